The minimum absolute atomic E-state index is 0.0622. The van der Waals surface area contributed by atoms with E-state index < -0.39 is 0 Å². The second kappa shape index (κ2) is 5.42. The van der Waals surface area contributed by atoms with Crippen molar-refractivity contribution in [3.63, 3.8) is 0 Å². The van der Waals surface area contributed by atoms with Crippen LogP contribution in [-0.4, -0.2) is 20.8 Å². The molecule has 1 unspecified atom stereocenters. The molecule has 0 aliphatic heterocycles. The lowest BCUT2D eigenvalue weighted by atomic mass is 10.0. The van der Waals surface area contributed by atoms with E-state index in [1.54, 1.807) is 11.0 Å². The molecule has 0 fully saturated rings. The first-order chi connectivity index (χ1) is 8.15. The molecule has 2 rings (SSSR count). The second-order valence-electron chi connectivity index (χ2n) is 4.10. The highest BCUT2D eigenvalue weighted by Crippen LogP contribution is 2.13. The van der Waals surface area contributed by atoms with Crippen molar-refractivity contribution >= 4 is 15.9 Å². The molecule has 1 aromatic carbocycles. The summed E-state index contributed by atoms with van der Waals surface area (Å²) in [5, 5.41) is 4.03. The van der Waals surface area contributed by atoms with Gasteiger partial charge in [0, 0.05) is 24.0 Å². The Hall–Kier alpha value is -1.20. The molecule has 2 N–H and O–H groups in total. The van der Waals surface area contributed by atoms with E-state index in [0.29, 0.717) is 0 Å². The standard InChI is InChI=1S/C12H15BrN4/c1-17-12(15-8-16-17)7-11(14)6-9-3-2-4-10(13)5-9/h2-5,8,11H,6-7,14H2,1H3. The first kappa shape index (κ1) is 12.3. The van der Waals surface area contributed by atoms with Gasteiger partial charge in [0.05, 0.1) is 0 Å². The highest BCUT2D eigenvalue weighted by Gasteiger charge is 2.09. The monoisotopic (exact) mass is 294 g/mol. The molecule has 0 aliphatic carbocycles. The van der Waals surface area contributed by atoms with Crippen molar-refractivity contribution in [3.05, 3.63) is 46.5 Å². The van der Waals surface area contributed by atoms with Gasteiger partial charge in [-0.3, -0.25) is 4.68 Å². The third-order valence-electron chi connectivity index (χ3n) is 2.64. The average Bonchev–Trinajstić information content (AvgIpc) is 2.64. The molecule has 1 atom stereocenters. The van der Waals surface area contributed by atoms with E-state index in [1.165, 1.54) is 5.56 Å². The molecule has 0 bridgehead atoms. The van der Waals surface area contributed by atoms with E-state index in [9.17, 15) is 0 Å². The van der Waals surface area contributed by atoms with Gasteiger partial charge in [0.1, 0.15) is 12.2 Å². The number of aryl methyl sites for hydroxylation is 1. The smallest absolute Gasteiger partial charge is 0.138 e. The third kappa shape index (κ3) is 3.38. The molecule has 0 amide bonds. The Morgan fingerprint density at radius 1 is 1.41 bits per heavy atom. The topological polar surface area (TPSA) is 56.7 Å². The van der Waals surface area contributed by atoms with Crippen LogP contribution < -0.4 is 5.73 Å². The summed E-state index contributed by atoms with van der Waals surface area (Å²) in [5.41, 5.74) is 7.35. The first-order valence-electron chi connectivity index (χ1n) is 5.48. The van der Waals surface area contributed by atoms with Gasteiger partial charge in [-0.1, -0.05) is 28.1 Å². The number of benzene rings is 1. The number of hydrogen-bond acceptors (Lipinski definition) is 3. The summed E-state index contributed by atoms with van der Waals surface area (Å²) in [6.45, 7) is 0. The molecule has 0 spiro atoms. The van der Waals surface area contributed by atoms with Crippen LogP contribution in [-0.2, 0) is 19.9 Å². The van der Waals surface area contributed by atoms with E-state index >= 15 is 0 Å². The number of aromatic nitrogens is 3. The SMILES string of the molecule is Cn1ncnc1CC(N)Cc1cccc(Br)c1. The summed E-state index contributed by atoms with van der Waals surface area (Å²) in [7, 11) is 1.88. The van der Waals surface area contributed by atoms with E-state index in [-0.39, 0.29) is 6.04 Å². The molecule has 90 valence electrons. The lowest BCUT2D eigenvalue weighted by molar-refractivity contribution is 0.603. The van der Waals surface area contributed by atoms with Crippen molar-refractivity contribution in [2.24, 2.45) is 12.8 Å². The van der Waals surface area contributed by atoms with Crippen LogP contribution in [0.15, 0.2) is 35.1 Å². The predicted molar refractivity (Wildman–Crippen MR) is 70.5 cm³/mol. The Balaban J connectivity index is 1.98. The number of rotatable bonds is 4. The van der Waals surface area contributed by atoms with Crippen molar-refractivity contribution in [2.45, 2.75) is 18.9 Å². The van der Waals surface area contributed by atoms with Gasteiger partial charge in [0.2, 0.25) is 0 Å². The van der Waals surface area contributed by atoms with E-state index in [1.807, 2.05) is 19.2 Å². The number of halogens is 1. The van der Waals surface area contributed by atoms with Gasteiger partial charge in [0.25, 0.3) is 0 Å². The summed E-state index contributed by atoms with van der Waals surface area (Å²) >= 11 is 3.46. The highest BCUT2D eigenvalue weighted by atomic mass is 79.9. The van der Waals surface area contributed by atoms with Crippen molar-refractivity contribution < 1.29 is 0 Å². The van der Waals surface area contributed by atoms with Gasteiger partial charge >= 0.3 is 0 Å². The van der Waals surface area contributed by atoms with Gasteiger partial charge in [-0.25, -0.2) is 4.98 Å². The Labute approximate surface area is 109 Å². The van der Waals surface area contributed by atoms with Crippen molar-refractivity contribution in [1.29, 1.82) is 0 Å². The van der Waals surface area contributed by atoms with Crippen LogP contribution in [0.3, 0.4) is 0 Å². The molecule has 0 radical (unpaired) electrons. The molecule has 1 aromatic heterocycles. The molecule has 5 heteroatoms. The van der Waals surface area contributed by atoms with Crippen LogP contribution in [0.4, 0.5) is 0 Å². The zero-order chi connectivity index (χ0) is 12.3. The van der Waals surface area contributed by atoms with Gasteiger partial charge < -0.3 is 5.73 Å². The minimum Gasteiger partial charge on any atom is -0.327 e. The number of hydrogen-bond donors (Lipinski definition) is 1. The molecule has 0 saturated carbocycles. The predicted octanol–water partition coefficient (Wildman–Crippen LogP) is 1.69. The summed E-state index contributed by atoms with van der Waals surface area (Å²) in [4.78, 5) is 4.18. The fraction of sp³-hybridized carbons (Fsp3) is 0.333. The average molecular weight is 295 g/mol. The Kier molecular flexibility index (Phi) is 3.91. The van der Waals surface area contributed by atoms with Crippen LogP contribution in [0.2, 0.25) is 0 Å². The lowest BCUT2D eigenvalue weighted by Gasteiger charge is -2.11. The van der Waals surface area contributed by atoms with E-state index in [0.717, 1.165) is 23.1 Å². The normalized spacial score (nSPS) is 12.6. The second-order valence-corrected chi connectivity index (χ2v) is 5.01. The lowest BCUT2D eigenvalue weighted by Crippen LogP contribution is -2.27. The van der Waals surface area contributed by atoms with Gasteiger partial charge in [-0.15, -0.1) is 0 Å². The van der Waals surface area contributed by atoms with Gasteiger partial charge in [-0.2, -0.15) is 5.10 Å². The van der Waals surface area contributed by atoms with Crippen LogP contribution in [0, 0.1) is 0 Å². The third-order valence-corrected chi connectivity index (χ3v) is 3.13. The largest absolute Gasteiger partial charge is 0.327 e. The van der Waals surface area contributed by atoms with E-state index in [2.05, 4.69) is 38.1 Å². The zero-order valence-corrected chi connectivity index (χ0v) is 11.3. The maximum atomic E-state index is 6.12. The van der Waals surface area contributed by atoms with Crippen LogP contribution in [0.1, 0.15) is 11.4 Å². The fourth-order valence-electron chi connectivity index (χ4n) is 1.78. The quantitative estimate of drug-likeness (QED) is 0.934. The van der Waals surface area contributed by atoms with Crippen LogP contribution >= 0.6 is 15.9 Å². The summed E-state index contributed by atoms with van der Waals surface area (Å²) < 4.78 is 2.85. The van der Waals surface area contributed by atoms with Crippen molar-refractivity contribution in [3.8, 4) is 0 Å². The molecule has 1 heterocycles. The maximum absolute atomic E-state index is 6.12. The minimum atomic E-state index is 0.0622. The van der Waals surface area contributed by atoms with Gasteiger partial charge in [-0.05, 0) is 24.1 Å². The number of nitrogens with two attached hydrogens (primary N) is 1. The fourth-order valence-corrected chi connectivity index (χ4v) is 2.22. The van der Waals surface area contributed by atoms with Crippen LogP contribution in [0.25, 0.3) is 0 Å². The first-order valence-corrected chi connectivity index (χ1v) is 6.27. The summed E-state index contributed by atoms with van der Waals surface area (Å²) in [6.07, 6.45) is 3.14. The molecule has 0 aliphatic rings. The molecule has 0 saturated heterocycles. The van der Waals surface area contributed by atoms with Crippen LogP contribution in [0.5, 0.6) is 0 Å². The summed E-state index contributed by atoms with van der Waals surface area (Å²) in [5.74, 6) is 0.924. The molecule has 17 heavy (non-hydrogen) atoms. The molecular weight excluding hydrogens is 280 g/mol. The Morgan fingerprint density at radius 3 is 2.88 bits per heavy atom. The van der Waals surface area contributed by atoms with Crippen molar-refractivity contribution in [1.82, 2.24) is 14.8 Å². The molecular formula is C12H15BrN4. The Bertz CT molecular complexity index is 495. The van der Waals surface area contributed by atoms with E-state index in [4.69, 9.17) is 5.73 Å². The Morgan fingerprint density at radius 2 is 2.24 bits per heavy atom. The molecule has 4 nitrogen and oxygen atoms in total. The highest BCUT2D eigenvalue weighted by molar-refractivity contribution is 9.10. The maximum Gasteiger partial charge on any atom is 0.138 e. The summed E-state index contributed by atoms with van der Waals surface area (Å²) in [6, 6.07) is 8.27. The van der Waals surface area contributed by atoms with Crippen molar-refractivity contribution in [2.75, 3.05) is 0 Å². The van der Waals surface area contributed by atoms with Gasteiger partial charge in [0.15, 0.2) is 0 Å². The zero-order valence-electron chi connectivity index (χ0n) is 9.68. The number of nitrogens with zero attached hydrogens (tertiary/aromatic N) is 3. The molecule has 2 aromatic rings.